The number of alkyl carbamates (subject to hydrolysis) is 1. The number of carbonyl (C=O) groups excluding carboxylic acids is 1. The minimum Gasteiger partial charge on any atom is -0.444 e. The van der Waals surface area contributed by atoms with Gasteiger partial charge in [-0.2, -0.15) is 0 Å². The minimum atomic E-state index is -0.472. The van der Waals surface area contributed by atoms with E-state index in [1.165, 1.54) is 0 Å². The molecule has 0 aliphatic carbocycles. The van der Waals surface area contributed by atoms with Gasteiger partial charge in [0.05, 0.1) is 10.6 Å². The first-order chi connectivity index (χ1) is 7.28. The van der Waals surface area contributed by atoms with Crippen LogP contribution >= 0.6 is 15.9 Å². The van der Waals surface area contributed by atoms with Crippen LogP contribution in [0.4, 0.5) is 4.79 Å². The Morgan fingerprint density at radius 3 is 2.56 bits per heavy atom. The monoisotopic (exact) mass is 288 g/mol. The number of halogens is 1. The van der Waals surface area contributed by atoms with E-state index in [-0.39, 0.29) is 6.04 Å². The highest BCUT2D eigenvalue weighted by Crippen LogP contribution is 2.16. The van der Waals surface area contributed by atoms with Crippen molar-refractivity contribution in [1.82, 2.24) is 10.3 Å². The first-order valence-corrected chi connectivity index (χ1v) is 5.91. The standard InChI is InChI=1S/C11H17BrN2O2/c1-7(8-5-6-9(12)14-8)13-10(15)16-11(2,3)4/h5-7,14H,1-4H3,(H,13,15). The summed E-state index contributed by atoms with van der Waals surface area (Å²) in [6.45, 7) is 7.40. The molecule has 1 unspecified atom stereocenters. The fraction of sp³-hybridized carbons (Fsp3) is 0.545. The summed E-state index contributed by atoms with van der Waals surface area (Å²) in [7, 11) is 0. The molecule has 1 heterocycles. The van der Waals surface area contributed by atoms with Gasteiger partial charge in [-0.25, -0.2) is 4.79 Å². The molecule has 1 amide bonds. The van der Waals surface area contributed by atoms with Gasteiger partial charge >= 0.3 is 6.09 Å². The van der Waals surface area contributed by atoms with E-state index in [4.69, 9.17) is 4.74 Å². The summed E-state index contributed by atoms with van der Waals surface area (Å²) >= 11 is 3.32. The van der Waals surface area contributed by atoms with Crippen LogP contribution in [0.25, 0.3) is 0 Å². The highest BCUT2D eigenvalue weighted by atomic mass is 79.9. The van der Waals surface area contributed by atoms with Gasteiger partial charge in [0.15, 0.2) is 0 Å². The molecule has 0 aromatic carbocycles. The Bertz CT molecular complexity index is 368. The van der Waals surface area contributed by atoms with Gasteiger partial charge in [0.1, 0.15) is 5.60 Å². The summed E-state index contributed by atoms with van der Waals surface area (Å²) < 4.78 is 6.05. The van der Waals surface area contributed by atoms with E-state index in [1.54, 1.807) is 0 Å². The van der Waals surface area contributed by atoms with E-state index in [2.05, 4.69) is 26.2 Å². The lowest BCUT2D eigenvalue weighted by atomic mass is 10.2. The predicted molar refractivity (Wildman–Crippen MR) is 66.3 cm³/mol. The Kier molecular flexibility index (Phi) is 4.02. The number of ether oxygens (including phenoxy) is 1. The second kappa shape index (κ2) is 4.91. The fourth-order valence-corrected chi connectivity index (χ4v) is 1.56. The van der Waals surface area contributed by atoms with E-state index in [1.807, 2.05) is 39.8 Å². The third kappa shape index (κ3) is 4.26. The summed E-state index contributed by atoms with van der Waals surface area (Å²) in [5.74, 6) is 0. The Labute approximate surface area is 104 Å². The maximum Gasteiger partial charge on any atom is 0.408 e. The molecule has 0 saturated heterocycles. The number of hydrogen-bond donors (Lipinski definition) is 2. The van der Waals surface area contributed by atoms with Gasteiger partial charge in [-0.05, 0) is 55.8 Å². The van der Waals surface area contributed by atoms with Gasteiger partial charge in [0.2, 0.25) is 0 Å². The Hall–Kier alpha value is -0.970. The predicted octanol–water partition coefficient (Wildman–Crippen LogP) is 3.36. The third-order valence-electron chi connectivity index (χ3n) is 1.87. The average Bonchev–Trinajstić information content (AvgIpc) is 2.47. The normalized spacial score (nSPS) is 13.3. The van der Waals surface area contributed by atoms with Crippen molar-refractivity contribution in [3.63, 3.8) is 0 Å². The Morgan fingerprint density at radius 2 is 2.12 bits per heavy atom. The molecule has 0 saturated carbocycles. The number of aromatic amines is 1. The molecule has 1 aromatic rings. The van der Waals surface area contributed by atoms with E-state index < -0.39 is 11.7 Å². The molecule has 1 rings (SSSR count). The number of aromatic nitrogens is 1. The molecule has 0 aliphatic rings. The lowest BCUT2D eigenvalue weighted by Gasteiger charge is -2.21. The maximum absolute atomic E-state index is 11.5. The molecule has 2 N–H and O–H groups in total. The molecule has 0 radical (unpaired) electrons. The van der Waals surface area contributed by atoms with Crippen molar-refractivity contribution in [3.8, 4) is 0 Å². The number of hydrogen-bond acceptors (Lipinski definition) is 2. The number of nitrogens with one attached hydrogen (secondary N) is 2. The first-order valence-electron chi connectivity index (χ1n) is 5.12. The lowest BCUT2D eigenvalue weighted by molar-refractivity contribution is 0.0507. The van der Waals surface area contributed by atoms with Crippen LogP contribution in [0.3, 0.4) is 0 Å². The number of amides is 1. The van der Waals surface area contributed by atoms with Gasteiger partial charge in [-0.3, -0.25) is 0 Å². The van der Waals surface area contributed by atoms with Gasteiger partial charge in [0.25, 0.3) is 0 Å². The Balaban J connectivity index is 2.52. The van der Waals surface area contributed by atoms with Crippen LogP contribution in [0.5, 0.6) is 0 Å². The molecular weight excluding hydrogens is 272 g/mol. The Morgan fingerprint density at radius 1 is 1.50 bits per heavy atom. The second-order valence-corrected chi connectivity index (χ2v) is 5.48. The zero-order chi connectivity index (χ0) is 12.3. The van der Waals surface area contributed by atoms with Crippen LogP contribution in [0, 0.1) is 0 Å². The quantitative estimate of drug-likeness (QED) is 0.877. The molecule has 90 valence electrons. The van der Waals surface area contributed by atoms with E-state index in [9.17, 15) is 4.79 Å². The molecule has 5 heteroatoms. The molecular formula is C11H17BrN2O2. The van der Waals surface area contributed by atoms with Crippen LogP contribution in [0.2, 0.25) is 0 Å². The molecule has 1 aromatic heterocycles. The third-order valence-corrected chi connectivity index (χ3v) is 2.34. The fourth-order valence-electron chi connectivity index (χ4n) is 1.20. The van der Waals surface area contributed by atoms with Crippen molar-refractivity contribution in [1.29, 1.82) is 0 Å². The lowest BCUT2D eigenvalue weighted by Crippen LogP contribution is -2.34. The van der Waals surface area contributed by atoms with Gasteiger partial charge in [-0.15, -0.1) is 0 Å². The number of H-pyrrole nitrogens is 1. The van der Waals surface area contributed by atoms with E-state index in [0.717, 1.165) is 10.3 Å². The highest BCUT2D eigenvalue weighted by molar-refractivity contribution is 9.10. The van der Waals surface area contributed by atoms with Gasteiger partial charge in [-0.1, -0.05) is 0 Å². The first kappa shape index (κ1) is 13.1. The molecule has 0 spiro atoms. The second-order valence-electron chi connectivity index (χ2n) is 4.63. The van der Waals surface area contributed by atoms with Crippen molar-refractivity contribution < 1.29 is 9.53 Å². The SMILES string of the molecule is CC(NC(=O)OC(C)(C)C)c1ccc(Br)[nH]1. The maximum atomic E-state index is 11.5. The van der Waals surface area contributed by atoms with Gasteiger partial charge < -0.3 is 15.0 Å². The molecule has 0 aliphatic heterocycles. The molecule has 16 heavy (non-hydrogen) atoms. The summed E-state index contributed by atoms with van der Waals surface area (Å²) in [6.07, 6.45) is -0.411. The summed E-state index contributed by atoms with van der Waals surface area (Å²) in [4.78, 5) is 14.6. The zero-order valence-electron chi connectivity index (χ0n) is 9.93. The van der Waals surface area contributed by atoms with Crippen molar-refractivity contribution in [3.05, 3.63) is 22.4 Å². The smallest absolute Gasteiger partial charge is 0.408 e. The van der Waals surface area contributed by atoms with Crippen molar-refractivity contribution >= 4 is 22.0 Å². The molecule has 0 fully saturated rings. The number of carbonyl (C=O) groups is 1. The number of rotatable bonds is 2. The summed E-state index contributed by atoms with van der Waals surface area (Å²) in [5, 5.41) is 2.75. The molecule has 1 atom stereocenters. The van der Waals surface area contributed by atoms with Crippen molar-refractivity contribution in [2.45, 2.75) is 39.3 Å². The van der Waals surface area contributed by atoms with Crippen molar-refractivity contribution in [2.24, 2.45) is 0 Å². The topological polar surface area (TPSA) is 54.1 Å². The summed E-state index contributed by atoms with van der Waals surface area (Å²) in [6, 6.07) is 3.69. The van der Waals surface area contributed by atoms with Crippen molar-refractivity contribution in [2.75, 3.05) is 0 Å². The average molecular weight is 289 g/mol. The van der Waals surface area contributed by atoms with Crippen LogP contribution < -0.4 is 5.32 Å². The van der Waals surface area contributed by atoms with E-state index >= 15 is 0 Å². The minimum absolute atomic E-state index is 0.110. The largest absolute Gasteiger partial charge is 0.444 e. The van der Waals surface area contributed by atoms with E-state index in [0.29, 0.717) is 0 Å². The van der Waals surface area contributed by atoms with Gasteiger partial charge in [0, 0.05) is 5.69 Å². The molecule has 4 nitrogen and oxygen atoms in total. The van der Waals surface area contributed by atoms with Crippen LogP contribution in [-0.4, -0.2) is 16.7 Å². The molecule has 0 bridgehead atoms. The summed E-state index contributed by atoms with van der Waals surface area (Å²) in [5.41, 5.74) is 0.456. The van der Waals surface area contributed by atoms with Crippen LogP contribution in [-0.2, 0) is 4.74 Å². The zero-order valence-corrected chi connectivity index (χ0v) is 11.5. The van der Waals surface area contributed by atoms with Crippen LogP contribution in [0.1, 0.15) is 39.4 Å². The van der Waals surface area contributed by atoms with Crippen LogP contribution in [0.15, 0.2) is 16.7 Å². The highest BCUT2D eigenvalue weighted by Gasteiger charge is 2.18.